The van der Waals surface area contributed by atoms with Crippen molar-refractivity contribution in [2.75, 3.05) is 0 Å². The molecule has 1 heterocycles. The van der Waals surface area contributed by atoms with Crippen molar-refractivity contribution in [1.29, 1.82) is 0 Å². The molecule has 0 aromatic heterocycles. The van der Waals surface area contributed by atoms with Crippen molar-refractivity contribution in [3.05, 3.63) is 36.1 Å². The summed E-state index contributed by atoms with van der Waals surface area (Å²) in [6.45, 7) is 2.23. The quantitative estimate of drug-likeness (QED) is 0.529. The van der Waals surface area contributed by atoms with Crippen LogP contribution in [-0.2, 0) is 0 Å². The summed E-state index contributed by atoms with van der Waals surface area (Å²) in [5, 5.41) is 3.32. The molecule has 1 nitrogen and oxygen atoms in total. The van der Waals surface area contributed by atoms with Crippen molar-refractivity contribution < 1.29 is 0 Å². The van der Waals surface area contributed by atoms with Gasteiger partial charge in [-0.15, -0.1) is 0 Å². The smallest absolute Gasteiger partial charge is 0.0568 e. The SMILES string of the molecule is C[C@@H]1C=CC2=CC=CNC21. The Hall–Kier alpha value is -0.980. The van der Waals surface area contributed by atoms with Crippen molar-refractivity contribution in [1.82, 2.24) is 5.32 Å². The second kappa shape index (κ2) is 2.01. The van der Waals surface area contributed by atoms with Crippen LogP contribution >= 0.6 is 0 Å². The van der Waals surface area contributed by atoms with E-state index >= 15 is 0 Å². The highest BCUT2D eigenvalue weighted by molar-refractivity contribution is 5.38. The summed E-state index contributed by atoms with van der Waals surface area (Å²) in [6.07, 6.45) is 10.7. The summed E-state index contributed by atoms with van der Waals surface area (Å²) in [4.78, 5) is 0. The predicted molar refractivity (Wildman–Crippen MR) is 42.5 cm³/mol. The Bertz CT molecular complexity index is 223. The van der Waals surface area contributed by atoms with Gasteiger partial charge in [0.1, 0.15) is 0 Å². The lowest BCUT2D eigenvalue weighted by Gasteiger charge is -2.19. The first-order valence-corrected chi connectivity index (χ1v) is 3.69. The molecule has 0 saturated carbocycles. The second-order valence-electron chi connectivity index (χ2n) is 2.89. The zero-order valence-electron chi connectivity index (χ0n) is 6.04. The van der Waals surface area contributed by atoms with E-state index in [0.29, 0.717) is 12.0 Å². The van der Waals surface area contributed by atoms with Crippen molar-refractivity contribution in [2.24, 2.45) is 5.92 Å². The first-order valence-electron chi connectivity index (χ1n) is 3.69. The predicted octanol–water partition coefficient (Wildman–Crippen LogP) is 1.60. The van der Waals surface area contributed by atoms with Crippen LogP contribution in [0.5, 0.6) is 0 Å². The van der Waals surface area contributed by atoms with Crippen LogP contribution in [0.3, 0.4) is 0 Å². The lowest BCUT2D eigenvalue weighted by atomic mass is 10.0. The standard InChI is InChI=1S/C9H11N/c1-7-4-5-8-3-2-6-10-9(7)8/h2-7,9-10H,1H3/t7-,9?/m1/s1. The number of nitrogens with one attached hydrogen (secondary N) is 1. The molecule has 0 spiro atoms. The van der Waals surface area contributed by atoms with Crippen molar-refractivity contribution in [2.45, 2.75) is 13.0 Å². The van der Waals surface area contributed by atoms with E-state index in [2.05, 4.69) is 30.5 Å². The Morgan fingerprint density at radius 3 is 3.20 bits per heavy atom. The fourth-order valence-electron chi connectivity index (χ4n) is 1.51. The summed E-state index contributed by atoms with van der Waals surface area (Å²) in [5.74, 6) is 0.649. The molecule has 0 fully saturated rings. The summed E-state index contributed by atoms with van der Waals surface area (Å²) in [5.41, 5.74) is 1.41. The van der Waals surface area contributed by atoms with Crippen LogP contribution in [0.4, 0.5) is 0 Å². The fourth-order valence-corrected chi connectivity index (χ4v) is 1.51. The van der Waals surface area contributed by atoms with Crippen molar-refractivity contribution in [3.63, 3.8) is 0 Å². The van der Waals surface area contributed by atoms with Gasteiger partial charge in [0, 0.05) is 0 Å². The molecule has 1 aliphatic heterocycles. The van der Waals surface area contributed by atoms with Crippen LogP contribution in [0.2, 0.25) is 0 Å². The maximum atomic E-state index is 3.32. The van der Waals surface area contributed by atoms with Crippen LogP contribution in [0.1, 0.15) is 6.92 Å². The molecule has 2 atom stereocenters. The Labute approximate surface area is 61.1 Å². The maximum absolute atomic E-state index is 3.32. The van der Waals surface area contributed by atoms with Crippen molar-refractivity contribution in [3.8, 4) is 0 Å². The van der Waals surface area contributed by atoms with Crippen molar-refractivity contribution >= 4 is 0 Å². The van der Waals surface area contributed by atoms with E-state index < -0.39 is 0 Å². The molecule has 0 radical (unpaired) electrons. The second-order valence-corrected chi connectivity index (χ2v) is 2.89. The van der Waals surface area contributed by atoms with E-state index in [1.165, 1.54) is 5.57 Å². The Morgan fingerprint density at radius 1 is 1.50 bits per heavy atom. The molecule has 1 heteroatoms. The van der Waals surface area contributed by atoms with Gasteiger partial charge in [-0.1, -0.05) is 25.2 Å². The monoisotopic (exact) mass is 133 g/mol. The summed E-state index contributed by atoms with van der Waals surface area (Å²) < 4.78 is 0. The van der Waals surface area contributed by atoms with E-state index in [0.717, 1.165) is 0 Å². The maximum Gasteiger partial charge on any atom is 0.0568 e. The average Bonchev–Trinajstić information content (AvgIpc) is 2.34. The molecular weight excluding hydrogens is 122 g/mol. The zero-order chi connectivity index (χ0) is 6.97. The van der Waals surface area contributed by atoms with Crippen LogP contribution in [0.25, 0.3) is 0 Å². The molecule has 2 aliphatic rings. The highest BCUT2D eigenvalue weighted by atomic mass is 14.9. The van der Waals surface area contributed by atoms with Gasteiger partial charge < -0.3 is 5.32 Å². The minimum Gasteiger partial charge on any atom is -0.383 e. The third kappa shape index (κ3) is 0.703. The normalized spacial score (nSPS) is 35.1. The molecule has 0 aromatic rings. The topological polar surface area (TPSA) is 12.0 Å². The van der Waals surface area contributed by atoms with Gasteiger partial charge in [0.25, 0.3) is 0 Å². The van der Waals surface area contributed by atoms with Crippen LogP contribution < -0.4 is 5.32 Å². The van der Waals surface area contributed by atoms with E-state index in [1.807, 2.05) is 12.3 Å². The lowest BCUT2D eigenvalue weighted by molar-refractivity contribution is 0.563. The molecular formula is C9H11N. The molecule has 0 amide bonds. The van der Waals surface area contributed by atoms with Gasteiger partial charge in [0.2, 0.25) is 0 Å². The van der Waals surface area contributed by atoms with Crippen LogP contribution in [-0.4, -0.2) is 6.04 Å². The van der Waals surface area contributed by atoms with Gasteiger partial charge in [0.15, 0.2) is 0 Å². The largest absolute Gasteiger partial charge is 0.383 e. The van der Waals surface area contributed by atoms with Gasteiger partial charge in [-0.2, -0.15) is 0 Å². The summed E-state index contributed by atoms with van der Waals surface area (Å²) in [6, 6.07) is 0.546. The van der Waals surface area contributed by atoms with E-state index in [1.54, 1.807) is 0 Å². The van der Waals surface area contributed by atoms with Gasteiger partial charge in [-0.25, -0.2) is 0 Å². The van der Waals surface area contributed by atoms with Gasteiger partial charge >= 0.3 is 0 Å². The minimum absolute atomic E-state index is 0.546. The molecule has 0 saturated heterocycles. The van der Waals surface area contributed by atoms with E-state index in [-0.39, 0.29) is 0 Å². The molecule has 1 N–H and O–H groups in total. The highest BCUT2D eigenvalue weighted by Gasteiger charge is 2.22. The molecule has 1 aliphatic carbocycles. The van der Waals surface area contributed by atoms with Gasteiger partial charge in [-0.3, -0.25) is 0 Å². The van der Waals surface area contributed by atoms with Gasteiger partial charge in [0.05, 0.1) is 6.04 Å². The molecule has 0 bridgehead atoms. The first kappa shape index (κ1) is 5.78. The number of fused-ring (bicyclic) bond motifs is 1. The molecule has 10 heavy (non-hydrogen) atoms. The Morgan fingerprint density at radius 2 is 2.40 bits per heavy atom. The average molecular weight is 133 g/mol. The first-order chi connectivity index (χ1) is 4.88. The van der Waals surface area contributed by atoms with Crippen LogP contribution in [0.15, 0.2) is 36.1 Å². The molecule has 1 unspecified atom stereocenters. The lowest BCUT2D eigenvalue weighted by Crippen LogP contribution is -2.30. The number of hydrogen-bond acceptors (Lipinski definition) is 1. The van der Waals surface area contributed by atoms with Crippen LogP contribution in [0, 0.1) is 5.92 Å². The Balaban J connectivity index is 2.30. The van der Waals surface area contributed by atoms with E-state index in [4.69, 9.17) is 0 Å². The third-order valence-corrected chi connectivity index (χ3v) is 2.14. The van der Waals surface area contributed by atoms with E-state index in [9.17, 15) is 0 Å². The third-order valence-electron chi connectivity index (χ3n) is 2.14. The molecule has 52 valence electrons. The summed E-state index contributed by atoms with van der Waals surface area (Å²) in [7, 11) is 0. The van der Waals surface area contributed by atoms with Gasteiger partial charge in [-0.05, 0) is 23.8 Å². The highest BCUT2D eigenvalue weighted by Crippen LogP contribution is 2.24. The minimum atomic E-state index is 0.546. The fraction of sp³-hybridized carbons (Fsp3) is 0.333. The Kier molecular flexibility index (Phi) is 1.16. The molecule has 2 rings (SSSR count). The number of allylic oxidation sites excluding steroid dienone is 2. The number of rotatable bonds is 0. The number of dihydropyridines is 1. The number of hydrogen-bond donors (Lipinski definition) is 1. The molecule has 0 aromatic carbocycles. The zero-order valence-corrected chi connectivity index (χ0v) is 6.04. The summed E-state index contributed by atoms with van der Waals surface area (Å²) >= 11 is 0.